The standard InChI is InChI=1S/C11H11BrF2O/c12-7-4-5-8(13)9(10(7)14)11(15)6-2-1-3-6/h4-6,11,15H,1-3H2. The van der Waals surface area contributed by atoms with Crippen LogP contribution in [0.15, 0.2) is 16.6 Å². The molecule has 0 amide bonds. The van der Waals surface area contributed by atoms with Crippen molar-refractivity contribution in [3.05, 3.63) is 33.8 Å². The van der Waals surface area contributed by atoms with Crippen LogP contribution in [-0.4, -0.2) is 5.11 Å². The molecule has 0 saturated heterocycles. The smallest absolute Gasteiger partial charge is 0.146 e. The normalized spacial score (nSPS) is 18.7. The van der Waals surface area contributed by atoms with Gasteiger partial charge >= 0.3 is 0 Å². The zero-order valence-electron chi connectivity index (χ0n) is 8.01. The Morgan fingerprint density at radius 2 is 2.00 bits per heavy atom. The minimum absolute atomic E-state index is 0.00306. The topological polar surface area (TPSA) is 20.2 Å². The predicted molar refractivity (Wildman–Crippen MR) is 56.4 cm³/mol. The van der Waals surface area contributed by atoms with Gasteiger partial charge in [0.15, 0.2) is 0 Å². The predicted octanol–water partition coefficient (Wildman–Crippen LogP) is 3.56. The lowest BCUT2D eigenvalue weighted by atomic mass is 9.78. The highest BCUT2D eigenvalue weighted by molar-refractivity contribution is 9.10. The summed E-state index contributed by atoms with van der Waals surface area (Å²) in [6, 6.07) is 2.48. The van der Waals surface area contributed by atoms with Crippen LogP contribution in [0.1, 0.15) is 30.9 Å². The largest absolute Gasteiger partial charge is 0.388 e. The first-order chi connectivity index (χ1) is 7.11. The molecule has 1 aromatic carbocycles. The molecule has 4 heteroatoms. The van der Waals surface area contributed by atoms with E-state index in [2.05, 4.69) is 15.9 Å². The summed E-state index contributed by atoms with van der Waals surface area (Å²) < 4.78 is 27.2. The van der Waals surface area contributed by atoms with Gasteiger partial charge < -0.3 is 5.11 Å². The molecule has 1 nitrogen and oxygen atoms in total. The van der Waals surface area contributed by atoms with Crippen LogP contribution < -0.4 is 0 Å². The van der Waals surface area contributed by atoms with E-state index in [0.717, 1.165) is 19.3 Å². The molecule has 1 aliphatic carbocycles. The molecule has 1 aliphatic rings. The summed E-state index contributed by atoms with van der Waals surface area (Å²) in [5.41, 5.74) is -0.200. The fraction of sp³-hybridized carbons (Fsp3) is 0.455. The zero-order chi connectivity index (χ0) is 11.0. The first-order valence-corrected chi connectivity index (χ1v) is 5.72. The Hall–Kier alpha value is -0.480. The molecule has 0 spiro atoms. The van der Waals surface area contributed by atoms with E-state index in [-0.39, 0.29) is 16.0 Å². The number of hydrogen-bond acceptors (Lipinski definition) is 1. The second-order valence-electron chi connectivity index (χ2n) is 3.89. The van der Waals surface area contributed by atoms with E-state index in [0.29, 0.717) is 0 Å². The molecule has 0 aromatic heterocycles. The quantitative estimate of drug-likeness (QED) is 0.819. The molecule has 1 saturated carbocycles. The highest BCUT2D eigenvalue weighted by atomic mass is 79.9. The third-order valence-electron chi connectivity index (χ3n) is 2.97. The van der Waals surface area contributed by atoms with Gasteiger partial charge in [-0.1, -0.05) is 6.42 Å². The maximum atomic E-state index is 13.6. The highest BCUT2D eigenvalue weighted by Crippen LogP contribution is 2.40. The van der Waals surface area contributed by atoms with Gasteiger partial charge in [0.2, 0.25) is 0 Å². The Morgan fingerprint density at radius 1 is 1.33 bits per heavy atom. The number of aliphatic hydroxyl groups is 1. The molecule has 15 heavy (non-hydrogen) atoms. The summed E-state index contributed by atoms with van der Waals surface area (Å²) in [5, 5.41) is 9.83. The first-order valence-electron chi connectivity index (χ1n) is 4.92. The number of benzene rings is 1. The molecule has 1 aromatic rings. The lowest BCUT2D eigenvalue weighted by Gasteiger charge is -2.30. The van der Waals surface area contributed by atoms with Crippen LogP contribution in [0.2, 0.25) is 0 Å². The van der Waals surface area contributed by atoms with Gasteiger partial charge in [0.05, 0.1) is 16.1 Å². The van der Waals surface area contributed by atoms with Crippen LogP contribution in [0.5, 0.6) is 0 Å². The number of rotatable bonds is 2. The Kier molecular flexibility index (Phi) is 3.07. The van der Waals surface area contributed by atoms with Crippen molar-refractivity contribution in [2.24, 2.45) is 5.92 Å². The molecule has 2 rings (SSSR count). The molecule has 0 heterocycles. The van der Waals surface area contributed by atoms with Crippen LogP contribution in [-0.2, 0) is 0 Å². The van der Waals surface area contributed by atoms with Gasteiger partial charge in [-0.05, 0) is 46.8 Å². The first kappa shape index (κ1) is 11.0. The summed E-state index contributed by atoms with van der Waals surface area (Å²) in [6.07, 6.45) is 1.69. The molecule has 1 fully saturated rings. The van der Waals surface area contributed by atoms with Crippen LogP contribution in [0.3, 0.4) is 0 Å². The summed E-state index contributed by atoms with van der Waals surface area (Å²) in [7, 11) is 0. The average Bonchev–Trinajstić information content (AvgIpc) is 2.09. The Balaban J connectivity index is 2.36. The summed E-state index contributed by atoms with van der Waals surface area (Å²) in [6.45, 7) is 0. The van der Waals surface area contributed by atoms with E-state index >= 15 is 0 Å². The lowest BCUT2D eigenvalue weighted by molar-refractivity contribution is 0.0560. The molecular weight excluding hydrogens is 266 g/mol. The van der Waals surface area contributed by atoms with Gasteiger partial charge in [0.25, 0.3) is 0 Å². The molecule has 1 N–H and O–H groups in total. The van der Waals surface area contributed by atoms with Gasteiger partial charge in [-0.2, -0.15) is 0 Å². The van der Waals surface area contributed by atoms with Gasteiger partial charge in [-0.25, -0.2) is 8.78 Å². The van der Waals surface area contributed by atoms with Crippen molar-refractivity contribution in [3.8, 4) is 0 Å². The van der Waals surface area contributed by atoms with Crippen LogP contribution in [0.4, 0.5) is 8.78 Å². The molecule has 1 unspecified atom stereocenters. The van der Waals surface area contributed by atoms with Gasteiger partial charge in [0.1, 0.15) is 11.6 Å². The number of halogens is 3. The van der Waals surface area contributed by atoms with Gasteiger partial charge in [-0.15, -0.1) is 0 Å². The maximum absolute atomic E-state index is 13.6. The Labute approximate surface area is 95.2 Å². The highest BCUT2D eigenvalue weighted by Gasteiger charge is 2.31. The second-order valence-corrected chi connectivity index (χ2v) is 4.75. The van der Waals surface area contributed by atoms with Crippen molar-refractivity contribution in [3.63, 3.8) is 0 Å². The third-order valence-corrected chi connectivity index (χ3v) is 3.58. The molecule has 0 radical (unpaired) electrons. The van der Waals surface area contributed by atoms with E-state index < -0.39 is 17.7 Å². The third kappa shape index (κ3) is 1.93. The Morgan fingerprint density at radius 3 is 2.53 bits per heavy atom. The maximum Gasteiger partial charge on any atom is 0.146 e. The molecular formula is C11H11BrF2O. The van der Waals surface area contributed by atoms with Gasteiger partial charge in [-0.3, -0.25) is 0 Å². The van der Waals surface area contributed by atoms with Crippen LogP contribution >= 0.6 is 15.9 Å². The van der Waals surface area contributed by atoms with E-state index in [1.165, 1.54) is 12.1 Å². The van der Waals surface area contributed by atoms with E-state index in [4.69, 9.17) is 0 Å². The van der Waals surface area contributed by atoms with E-state index in [1.54, 1.807) is 0 Å². The monoisotopic (exact) mass is 276 g/mol. The van der Waals surface area contributed by atoms with E-state index in [9.17, 15) is 13.9 Å². The molecule has 0 bridgehead atoms. The van der Waals surface area contributed by atoms with Crippen molar-refractivity contribution in [2.45, 2.75) is 25.4 Å². The van der Waals surface area contributed by atoms with E-state index in [1.807, 2.05) is 0 Å². The molecule has 82 valence electrons. The van der Waals surface area contributed by atoms with Crippen LogP contribution in [0.25, 0.3) is 0 Å². The van der Waals surface area contributed by atoms with Crippen molar-refractivity contribution >= 4 is 15.9 Å². The molecule has 0 aliphatic heterocycles. The van der Waals surface area contributed by atoms with Crippen LogP contribution in [0, 0.1) is 17.6 Å². The van der Waals surface area contributed by atoms with Crippen molar-refractivity contribution in [1.29, 1.82) is 0 Å². The van der Waals surface area contributed by atoms with Gasteiger partial charge in [0, 0.05) is 0 Å². The lowest BCUT2D eigenvalue weighted by Crippen LogP contribution is -2.22. The zero-order valence-corrected chi connectivity index (χ0v) is 9.60. The second kappa shape index (κ2) is 4.18. The Bertz CT molecular complexity index is 377. The van der Waals surface area contributed by atoms with Crippen molar-refractivity contribution in [2.75, 3.05) is 0 Å². The van der Waals surface area contributed by atoms with Crippen molar-refractivity contribution in [1.82, 2.24) is 0 Å². The molecule has 1 atom stereocenters. The fourth-order valence-electron chi connectivity index (χ4n) is 1.81. The summed E-state index contributed by atoms with van der Waals surface area (Å²) in [4.78, 5) is 0. The fourth-order valence-corrected chi connectivity index (χ4v) is 2.15. The minimum Gasteiger partial charge on any atom is -0.388 e. The minimum atomic E-state index is -1.02. The summed E-state index contributed by atoms with van der Waals surface area (Å²) in [5.74, 6) is -1.35. The number of hydrogen-bond donors (Lipinski definition) is 1. The number of aliphatic hydroxyl groups excluding tert-OH is 1. The SMILES string of the molecule is OC(c1c(F)ccc(Br)c1F)C1CCC1. The average molecular weight is 277 g/mol. The van der Waals surface area contributed by atoms with Crippen molar-refractivity contribution < 1.29 is 13.9 Å². The summed E-state index contributed by atoms with van der Waals surface area (Å²) >= 11 is 2.98.